The second kappa shape index (κ2) is 7.65. The Morgan fingerprint density at radius 3 is 2.56 bits per heavy atom. The van der Waals surface area contributed by atoms with Crippen LogP contribution in [0.15, 0.2) is 24.3 Å². The Bertz CT molecular complexity index is 659. The van der Waals surface area contributed by atoms with E-state index in [1.54, 1.807) is 17.0 Å². The SMILES string of the molecule is O=C(CCN1CCC[C@H]1C(=O)O)Nc1ccc(N2CCCC2=O)cc1. The van der Waals surface area contributed by atoms with Gasteiger partial charge in [-0.15, -0.1) is 0 Å². The molecule has 3 rings (SSSR count). The van der Waals surface area contributed by atoms with Crippen molar-refractivity contribution in [3.8, 4) is 0 Å². The first kappa shape index (κ1) is 17.4. The highest BCUT2D eigenvalue weighted by atomic mass is 16.4. The van der Waals surface area contributed by atoms with Crippen LogP contribution in [0.25, 0.3) is 0 Å². The highest BCUT2D eigenvalue weighted by molar-refractivity contribution is 5.96. The lowest BCUT2D eigenvalue weighted by molar-refractivity contribution is -0.142. The second-order valence-corrected chi connectivity index (χ2v) is 6.53. The van der Waals surface area contributed by atoms with E-state index in [1.807, 2.05) is 17.0 Å². The molecule has 134 valence electrons. The molecule has 0 aromatic heterocycles. The Kier molecular flexibility index (Phi) is 5.33. The summed E-state index contributed by atoms with van der Waals surface area (Å²) in [5.74, 6) is -0.818. The number of hydrogen-bond acceptors (Lipinski definition) is 4. The van der Waals surface area contributed by atoms with E-state index in [1.165, 1.54) is 0 Å². The van der Waals surface area contributed by atoms with Gasteiger partial charge in [0.25, 0.3) is 0 Å². The molecule has 0 radical (unpaired) electrons. The zero-order valence-corrected chi connectivity index (χ0v) is 14.1. The van der Waals surface area contributed by atoms with Gasteiger partial charge in [0.1, 0.15) is 6.04 Å². The molecular weight excluding hydrogens is 322 g/mol. The highest BCUT2D eigenvalue weighted by Gasteiger charge is 2.30. The Balaban J connectivity index is 1.49. The maximum absolute atomic E-state index is 12.1. The molecular formula is C18H23N3O4. The largest absolute Gasteiger partial charge is 0.480 e. The topological polar surface area (TPSA) is 89.9 Å². The summed E-state index contributed by atoms with van der Waals surface area (Å²) >= 11 is 0. The van der Waals surface area contributed by atoms with Crippen molar-refractivity contribution in [3.05, 3.63) is 24.3 Å². The molecule has 1 atom stereocenters. The number of carbonyl (C=O) groups is 3. The maximum atomic E-state index is 12.1. The van der Waals surface area contributed by atoms with E-state index in [2.05, 4.69) is 5.32 Å². The van der Waals surface area contributed by atoms with Crippen LogP contribution in [-0.2, 0) is 14.4 Å². The Morgan fingerprint density at radius 2 is 1.92 bits per heavy atom. The molecule has 7 nitrogen and oxygen atoms in total. The van der Waals surface area contributed by atoms with Crippen molar-refractivity contribution in [2.75, 3.05) is 29.9 Å². The minimum atomic E-state index is -0.815. The predicted octanol–water partition coefficient (Wildman–Crippen LogP) is 1.69. The maximum Gasteiger partial charge on any atom is 0.320 e. The third-order valence-corrected chi connectivity index (χ3v) is 4.81. The van der Waals surface area contributed by atoms with Gasteiger partial charge in [-0.25, -0.2) is 0 Å². The first-order chi connectivity index (χ1) is 12.0. The van der Waals surface area contributed by atoms with Crippen molar-refractivity contribution < 1.29 is 19.5 Å². The molecule has 2 fully saturated rings. The number of amides is 2. The lowest BCUT2D eigenvalue weighted by Gasteiger charge is -2.20. The number of aliphatic carboxylic acids is 1. The summed E-state index contributed by atoms with van der Waals surface area (Å²) < 4.78 is 0. The van der Waals surface area contributed by atoms with Gasteiger partial charge in [-0.05, 0) is 50.1 Å². The van der Waals surface area contributed by atoms with E-state index in [0.29, 0.717) is 25.1 Å². The van der Waals surface area contributed by atoms with Gasteiger partial charge in [0.15, 0.2) is 0 Å². The Morgan fingerprint density at radius 1 is 1.16 bits per heavy atom. The van der Waals surface area contributed by atoms with E-state index in [-0.39, 0.29) is 18.2 Å². The van der Waals surface area contributed by atoms with Crippen molar-refractivity contribution in [1.82, 2.24) is 4.90 Å². The fraction of sp³-hybridized carbons (Fsp3) is 0.500. The van der Waals surface area contributed by atoms with Crippen LogP contribution in [-0.4, -0.2) is 53.5 Å². The molecule has 25 heavy (non-hydrogen) atoms. The van der Waals surface area contributed by atoms with Crippen molar-refractivity contribution in [3.63, 3.8) is 0 Å². The van der Waals surface area contributed by atoms with Crippen LogP contribution in [0.5, 0.6) is 0 Å². The minimum Gasteiger partial charge on any atom is -0.480 e. The van der Waals surface area contributed by atoms with Crippen LogP contribution in [0.3, 0.4) is 0 Å². The average molecular weight is 345 g/mol. The van der Waals surface area contributed by atoms with Gasteiger partial charge in [0, 0.05) is 37.3 Å². The van der Waals surface area contributed by atoms with E-state index in [0.717, 1.165) is 31.6 Å². The molecule has 1 aromatic carbocycles. The number of nitrogens with one attached hydrogen (secondary N) is 1. The second-order valence-electron chi connectivity index (χ2n) is 6.53. The fourth-order valence-electron chi connectivity index (χ4n) is 3.49. The molecule has 0 aliphatic carbocycles. The number of benzene rings is 1. The van der Waals surface area contributed by atoms with Crippen LogP contribution < -0.4 is 10.2 Å². The van der Waals surface area contributed by atoms with Gasteiger partial charge >= 0.3 is 5.97 Å². The third-order valence-electron chi connectivity index (χ3n) is 4.81. The molecule has 0 unspecified atom stereocenters. The van der Waals surface area contributed by atoms with E-state index in [9.17, 15) is 14.4 Å². The summed E-state index contributed by atoms with van der Waals surface area (Å²) in [5, 5.41) is 12.0. The number of carbonyl (C=O) groups excluding carboxylic acids is 2. The lowest BCUT2D eigenvalue weighted by Crippen LogP contribution is -2.37. The molecule has 2 aliphatic rings. The van der Waals surface area contributed by atoms with Crippen molar-refractivity contribution in [2.24, 2.45) is 0 Å². The van der Waals surface area contributed by atoms with Gasteiger partial charge in [-0.3, -0.25) is 19.3 Å². The van der Waals surface area contributed by atoms with Crippen LogP contribution in [0, 0.1) is 0 Å². The molecule has 0 bridgehead atoms. The number of hydrogen-bond donors (Lipinski definition) is 2. The van der Waals surface area contributed by atoms with Gasteiger partial charge in [-0.2, -0.15) is 0 Å². The smallest absolute Gasteiger partial charge is 0.320 e. The number of nitrogens with zero attached hydrogens (tertiary/aromatic N) is 2. The minimum absolute atomic E-state index is 0.135. The van der Waals surface area contributed by atoms with Crippen LogP contribution in [0.4, 0.5) is 11.4 Å². The summed E-state index contributed by atoms with van der Waals surface area (Å²) in [4.78, 5) is 38.6. The van der Waals surface area contributed by atoms with Crippen molar-refractivity contribution in [2.45, 2.75) is 38.1 Å². The number of likely N-dealkylation sites (tertiary alicyclic amines) is 1. The van der Waals surface area contributed by atoms with E-state index < -0.39 is 12.0 Å². The summed E-state index contributed by atoms with van der Waals surface area (Å²) in [6, 6.07) is 6.77. The summed E-state index contributed by atoms with van der Waals surface area (Å²) in [5.41, 5.74) is 1.53. The van der Waals surface area contributed by atoms with Gasteiger partial charge < -0.3 is 15.3 Å². The van der Waals surface area contributed by atoms with E-state index >= 15 is 0 Å². The molecule has 0 saturated carbocycles. The van der Waals surface area contributed by atoms with Gasteiger partial charge in [0.05, 0.1) is 0 Å². The number of rotatable bonds is 6. The summed E-state index contributed by atoms with van der Waals surface area (Å²) in [7, 11) is 0. The molecule has 0 spiro atoms. The summed E-state index contributed by atoms with van der Waals surface area (Å²) in [6.07, 6.45) is 3.23. The average Bonchev–Trinajstić information content (AvgIpc) is 3.22. The predicted molar refractivity (Wildman–Crippen MR) is 93.5 cm³/mol. The van der Waals surface area contributed by atoms with E-state index in [4.69, 9.17) is 5.11 Å². The quantitative estimate of drug-likeness (QED) is 0.819. The normalized spacial score (nSPS) is 20.9. The number of carboxylic acid groups (broad SMARTS) is 1. The highest BCUT2D eigenvalue weighted by Crippen LogP contribution is 2.23. The molecule has 7 heteroatoms. The molecule has 2 aliphatic heterocycles. The first-order valence-electron chi connectivity index (χ1n) is 8.72. The van der Waals surface area contributed by atoms with Crippen LogP contribution >= 0.6 is 0 Å². The zero-order valence-electron chi connectivity index (χ0n) is 14.1. The molecule has 1 aromatic rings. The monoisotopic (exact) mass is 345 g/mol. The van der Waals surface area contributed by atoms with Gasteiger partial charge in [0.2, 0.25) is 11.8 Å². The number of anilines is 2. The molecule has 2 saturated heterocycles. The number of carboxylic acids is 1. The standard InChI is InChI=1S/C18H23N3O4/c22-16(9-12-20-10-1-3-15(20)18(24)25)19-13-5-7-14(8-6-13)21-11-2-4-17(21)23/h5-8,15H,1-4,9-12H2,(H,19,22)(H,24,25)/t15-/m0/s1. The molecule has 2 heterocycles. The Hall–Kier alpha value is -2.41. The first-order valence-corrected chi connectivity index (χ1v) is 8.72. The van der Waals surface area contributed by atoms with Crippen LogP contribution in [0.2, 0.25) is 0 Å². The fourth-order valence-corrected chi connectivity index (χ4v) is 3.49. The lowest BCUT2D eigenvalue weighted by atomic mass is 10.2. The van der Waals surface area contributed by atoms with Gasteiger partial charge in [-0.1, -0.05) is 0 Å². The van der Waals surface area contributed by atoms with Crippen molar-refractivity contribution >= 4 is 29.2 Å². The molecule has 2 N–H and O–H groups in total. The van der Waals surface area contributed by atoms with Crippen molar-refractivity contribution in [1.29, 1.82) is 0 Å². The van der Waals surface area contributed by atoms with Crippen LogP contribution in [0.1, 0.15) is 32.1 Å². The zero-order chi connectivity index (χ0) is 17.8. The third kappa shape index (κ3) is 4.17. The molecule has 2 amide bonds. The Labute approximate surface area is 146 Å². The summed E-state index contributed by atoms with van der Waals surface area (Å²) in [6.45, 7) is 1.91.